The minimum atomic E-state index is -0.0486. The van der Waals surface area contributed by atoms with Crippen LogP contribution in [0.15, 0.2) is 18.2 Å². The molecule has 1 aromatic rings. The fraction of sp³-hybridized carbons (Fsp3) is 0.647. The predicted molar refractivity (Wildman–Crippen MR) is 86.0 cm³/mol. The van der Waals surface area contributed by atoms with E-state index in [-0.39, 0.29) is 6.04 Å². The maximum Gasteiger partial charge on any atom is 0.123 e. The van der Waals surface area contributed by atoms with Crippen molar-refractivity contribution in [1.82, 2.24) is 4.90 Å². The Hall–Kier alpha value is -1.26. The highest BCUT2D eigenvalue weighted by Crippen LogP contribution is 2.32. The zero-order chi connectivity index (χ0) is 15.2. The van der Waals surface area contributed by atoms with Crippen molar-refractivity contribution in [2.75, 3.05) is 27.3 Å². The number of nitrogens with two attached hydrogens (primary N) is 1. The van der Waals surface area contributed by atoms with Crippen molar-refractivity contribution >= 4 is 0 Å². The molecule has 1 aliphatic carbocycles. The smallest absolute Gasteiger partial charge is 0.123 e. The molecular formula is C17H28N2O2. The van der Waals surface area contributed by atoms with Gasteiger partial charge in [0.05, 0.1) is 14.2 Å². The molecule has 0 aromatic heterocycles. The van der Waals surface area contributed by atoms with Crippen LogP contribution in [-0.2, 0) is 0 Å². The lowest BCUT2D eigenvalue weighted by Crippen LogP contribution is -2.34. The summed E-state index contributed by atoms with van der Waals surface area (Å²) in [7, 11) is 3.36. The Morgan fingerprint density at radius 2 is 2.05 bits per heavy atom. The van der Waals surface area contributed by atoms with Gasteiger partial charge in [0, 0.05) is 24.2 Å². The molecule has 0 heterocycles. The molecule has 118 valence electrons. The van der Waals surface area contributed by atoms with Crippen LogP contribution < -0.4 is 15.2 Å². The number of unbranched alkanes of at least 4 members (excludes halogenated alkanes) is 1. The number of hydrogen-bond acceptors (Lipinski definition) is 4. The topological polar surface area (TPSA) is 47.7 Å². The first kappa shape index (κ1) is 16.1. The second-order valence-electron chi connectivity index (χ2n) is 5.79. The summed E-state index contributed by atoms with van der Waals surface area (Å²) < 4.78 is 10.8. The molecule has 1 aliphatic rings. The average molecular weight is 292 g/mol. The largest absolute Gasteiger partial charge is 0.497 e. The van der Waals surface area contributed by atoms with Crippen molar-refractivity contribution < 1.29 is 9.47 Å². The van der Waals surface area contributed by atoms with Gasteiger partial charge in [0.2, 0.25) is 0 Å². The molecule has 1 saturated carbocycles. The third-order valence-electron chi connectivity index (χ3n) is 4.13. The van der Waals surface area contributed by atoms with Gasteiger partial charge < -0.3 is 15.2 Å². The lowest BCUT2D eigenvalue weighted by atomic mass is 10.0. The Balaban J connectivity index is 2.08. The molecule has 1 unspecified atom stereocenters. The number of ether oxygens (including phenoxy) is 2. The second-order valence-corrected chi connectivity index (χ2v) is 5.79. The van der Waals surface area contributed by atoms with E-state index in [0.717, 1.165) is 36.2 Å². The lowest BCUT2D eigenvalue weighted by molar-refractivity contribution is 0.242. The quantitative estimate of drug-likeness (QED) is 0.760. The van der Waals surface area contributed by atoms with Crippen LogP contribution in [-0.4, -0.2) is 38.3 Å². The Morgan fingerprint density at radius 3 is 2.62 bits per heavy atom. The van der Waals surface area contributed by atoms with E-state index in [1.165, 1.54) is 25.7 Å². The summed E-state index contributed by atoms with van der Waals surface area (Å²) in [6.07, 6.45) is 5.08. The zero-order valence-electron chi connectivity index (χ0n) is 13.5. The van der Waals surface area contributed by atoms with E-state index in [2.05, 4.69) is 11.8 Å². The van der Waals surface area contributed by atoms with Crippen LogP contribution in [0.5, 0.6) is 11.5 Å². The maximum atomic E-state index is 6.46. The van der Waals surface area contributed by atoms with Crippen molar-refractivity contribution in [3.05, 3.63) is 23.8 Å². The molecule has 0 aliphatic heterocycles. The van der Waals surface area contributed by atoms with Gasteiger partial charge in [-0.3, -0.25) is 4.90 Å². The standard InChI is InChI=1S/C17H28N2O2/c1-4-5-10-19(13-6-7-13)12-16(18)15-11-14(20-2)8-9-17(15)21-3/h8-9,11,13,16H,4-7,10,12,18H2,1-3H3. The molecule has 1 atom stereocenters. The summed E-state index contributed by atoms with van der Waals surface area (Å²) in [5, 5.41) is 0. The summed E-state index contributed by atoms with van der Waals surface area (Å²) in [5.41, 5.74) is 7.48. The van der Waals surface area contributed by atoms with Crippen LogP contribution in [0.25, 0.3) is 0 Å². The van der Waals surface area contributed by atoms with Gasteiger partial charge >= 0.3 is 0 Å². The summed E-state index contributed by atoms with van der Waals surface area (Å²) in [5.74, 6) is 1.67. The van der Waals surface area contributed by atoms with Crippen molar-refractivity contribution in [2.24, 2.45) is 5.73 Å². The third kappa shape index (κ3) is 4.35. The van der Waals surface area contributed by atoms with Gasteiger partial charge in [0.25, 0.3) is 0 Å². The zero-order valence-corrected chi connectivity index (χ0v) is 13.5. The molecule has 21 heavy (non-hydrogen) atoms. The fourth-order valence-corrected chi connectivity index (χ4v) is 2.70. The number of nitrogens with zero attached hydrogens (tertiary/aromatic N) is 1. The third-order valence-corrected chi connectivity index (χ3v) is 4.13. The van der Waals surface area contributed by atoms with Crippen molar-refractivity contribution in [3.8, 4) is 11.5 Å². The number of methoxy groups -OCH3 is 2. The van der Waals surface area contributed by atoms with E-state index < -0.39 is 0 Å². The van der Waals surface area contributed by atoms with Gasteiger partial charge in [-0.05, 0) is 44.0 Å². The van der Waals surface area contributed by atoms with Crippen molar-refractivity contribution in [3.63, 3.8) is 0 Å². The number of hydrogen-bond donors (Lipinski definition) is 1. The van der Waals surface area contributed by atoms with Gasteiger partial charge in [-0.2, -0.15) is 0 Å². The normalized spacial score (nSPS) is 16.0. The Morgan fingerprint density at radius 1 is 1.29 bits per heavy atom. The van der Waals surface area contributed by atoms with Crippen molar-refractivity contribution in [2.45, 2.75) is 44.7 Å². The maximum absolute atomic E-state index is 6.46. The average Bonchev–Trinajstić information content (AvgIpc) is 3.35. The first-order valence-electron chi connectivity index (χ1n) is 7.91. The van der Waals surface area contributed by atoms with Gasteiger partial charge in [0.1, 0.15) is 11.5 Å². The molecular weight excluding hydrogens is 264 g/mol. The van der Waals surface area contributed by atoms with Crippen LogP contribution in [0.3, 0.4) is 0 Å². The fourth-order valence-electron chi connectivity index (χ4n) is 2.70. The van der Waals surface area contributed by atoms with E-state index in [0.29, 0.717) is 0 Å². The molecule has 1 fully saturated rings. The van der Waals surface area contributed by atoms with Gasteiger partial charge in [-0.15, -0.1) is 0 Å². The van der Waals surface area contributed by atoms with Gasteiger partial charge in [0.15, 0.2) is 0 Å². The minimum Gasteiger partial charge on any atom is -0.497 e. The Bertz CT molecular complexity index is 446. The van der Waals surface area contributed by atoms with Crippen LogP contribution in [0.2, 0.25) is 0 Å². The van der Waals surface area contributed by atoms with Crippen LogP contribution in [0, 0.1) is 0 Å². The lowest BCUT2D eigenvalue weighted by Gasteiger charge is -2.26. The monoisotopic (exact) mass is 292 g/mol. The van der Waals surface area contributed by atoms with E-state index in [9.17, 15) is 0 Å². The number of benzene rings is 1. The molecule has 0 amide bonds. The predicted octanol–water partition coefficient (Wildman–Crippen LogP) is 2.97. The molecule has 2 rings (SSSR count). The summed E-state index contributed by atoms with van der Waals surface area (Å²) in [4.78, 5) is 2.53. The summed E-state index contributed by atoms with van der Waals surface area (Å²) in [6, 6.07) is 6.52. The van der Waals surface area contributed by atoms with E-state index in [1.807, 2.05) is 18.2 Å². The van der Waals surface area contributed by atoms with E-state index in [1.54, 1.807) is 14.2 Å². The molecule has 1 aromatic carbocycles. The SMILES string of the molecule is CCCCN(CC(N)c1cc(OC)ccc1OC)C1CC1. The molecule has 2 N–H and O–H groups in total. The Labute approximate surface area is 128 Å². The van der Waals surface area contributed by atoms with E-state index in [4.69, 9.17) is 15.2 Å². The minimum absolute atomic E-state index is 0.0486. The highest BCUT2D eigenvalue weighted by Gasteiger charge is 2.30. The summed E-state index contributed by atoms with van der Waals surface area (Å²) in [6.45, 7) is 4.26. The van der Waals surface area contributed by atoms with Gasteiger partial charge in [-0.25, -0.2) is 0 Å². The molecule has 0 bridgehead atoms. The highest BCUT2D eigenvalue weighted by molar-refractivity contribution is 5.42. The highest BCUT2D eigenvalue weighted by atomic mass is 16.5. The van der Waals surface area contributed by atoms with Crippen LogP contribution >= 0.6 is 0 Å². The molecule has 4 nitrogen and oxygen atoms in total. The Kier molecular flexibility index (Phi) is 5.88. The van der Waals surface area contributed by atoms with E-state index >= 15 is 0 Å². The molecule has 0 saturated heterocycles. The number of rotatable bonds is 9. The molecule has 4 heteroatoms. The molecule has 0 spiro atoms. The first-order valence-corrected chi connectivity index (χ1v) is 7.91. The van der Waals surface area contributed by atoms with Crippen LogP contribution in [0.4, 0.5) is 0 Å². The van der Waals surface area contributed by atoms with Crippen molar-refractivity contribution in [1.29, 1.82) is 0 Å². The second kappa shape index (κ2) is 7.66. The molecule has 0 radical (unpaired) electrons. The van der Waals surface area contributed by atoms with Gasteiger partial charge in [-0.1, -0.05) is 13.3 Å². The first-order chi connectivity index (χ1) is 10.2. The van der Waals surface area contributed by atoms with Crippen LogP contribution in [0.1, 0.15) is 44.2 Å². The summed E-state index contributed by atoms with van der Waals surface area (Å²) >= 11 is 0.